The van der Waals surface area contributed by atoms with E-state index in [-0.39, 0.29) is 24.2 Å². The molecule has 18 heavy (non-hydrogen) atoms. The summed E-state index contributed by atoms with van der Waals surface area (Å²) in [5, 5.41) is 20.6. The first-order chi connectivity index (χ1) is 8.35. The SMILES string of the molecule is CC(=O)[C@@H]1[C@H](O)C[C@@H](O)[C@@]23O[C@@H]2CC[C@@H](C)[C@]13C. The molecular formula is C14H22O4. The van der Waals surface area contributed by atoms with Crippen LogP contribution in [0.5, 0.6) is 0 Å². The van der Waals surface area contributed by atoms with E-state index in [1.165, 1.54) is 0 Å². The van der Waals surface area contributed by atoms with E-state index in [2.05, 4.69) is 6.92 Å². The summed E-state index contributed by atoms with van der Waals surface area (Å²) in [4.78, 5) is 12.0. The van der Waals surface area contributed by atoms with Gasteiger partial charge in [0.1, 0.15) is 11.4 Å². The van der Waals surface area contributed by atoms with Gasteiger partial charge in [0.05, 0.1) is 24.2 Å². The third kappa shape index (κ3) is 1.19. The van der Waals surface area contributed by atoms with Crippen LogP contribution in [0.15, 0.2) is 0 Å². The zero-order valence-corrected chi connectivity index (χ0v) is 11.2. The second-order valence-electron chi connectivity index (χ2n) is 6.57. The second-order valence-corrected chi connectivity index (χ2v) is 6.57. The summed E-state index contributed by atoms with van der Waals surface area (Å²) in [5.74, 6) is -0.129. The molecule has 4 heteroatoms. The Morgan fingerprint density at radius 2 is 2.00 bits per heavy atom. The van der Waals surface area contributed by atoms with E-state index in [4.69, 9.17) is 4.74 Å². The van der Waals surface area contributed by atoms with Crippen LogP contribution >= 0.6 is 0 Å². The molecule has 0 amide bonds. The summed E-state index contributed by atoms with van der Waals surface area (Å²) < 4.78 is 5.87. The van der Waals surface area contributed by atoms with E-state index < -0.39 is 29.1 Å². The average molecular weight is 254 g/mol. The van der Waals surface area contributed by atoms with Gasteiger partial charge < -0.3 is 14.9 Å². The minimum absolute atomic E-state index is 0.0132. The molecule has 7 atom stereocenters. The Labute approximate surface area is 107 Å². The van der Waals surface area contributed by atoms with Gasteiger partial charge in [-0.2, -0.15) is 0 Å². The van der Waals surface area contributed by atoms with Gasteiger partial charge in [-0.15, -0.1) is 0 Å². The number of rotatable bonds is 1. The number of carbonyl (C=O) groups is 1. The molecule has 1 saturated heterocycles. The Hall–Kier alpha value is -0.450. The fourth-order valence-electron chi connectivity index (χ4n) is 4.87. The van der Waals surface area contributed by atoms with Crippen LogP contribution in [-0.4, -0.2) is 39.9 Å². The Morgan fingerprint density at radius 1 is 1.33 bits per heavy atom. The minimum Gasteiger partial charge on any atom is -0.392 e. The standard InChI is InChI=1S/C14H22O4/c1-7-4-5-11-14(18-11)10(17)6-9(16)12(8(2)15)13(7,14)3/h7,9-12,16-17H,4-6H2,1-3H3/t7-,9-,10-,11-,12-,13-,14-/m1/s1. The maximum Gasteiger partial charge on any atom is 0.136 e. The topological polar surface area (TPSA) is 70.1 Å². The molecule has 0 aromatic rings. The van der Waals surface area contributed by atoms with Crippen molar-refractivity contribution in [3.63, 3.8) is 0 Å². The van der Waals surface area contributed by atoms with Crippen LogP contribution in [0, 0.1) is 17.3 Å². The number of Topliss-reactive ketones (excluding diaryl/α,β-unsaturated/α-hetero) is 1. The van der Waals surface area contributed by atoms with Crippen molar-refractivity contribution >= 4 is 5.78 Å². The largest absolute Gasteiger partial charge is 0.392 e. The number of hydrogen-bond acceptors (Lipinski definition) is 4. The molecule has 3 fully saturated rings. The molecular weight excluding hydrogens is 232 g/mol. The number of epoxide rings is 1. The van der Waals surface area contributed by atoms with Crippen LogP contribution in [0.1, 0.15) is 40.0 Å². The summed E-state index contributed by atoms with van der Waals surface area (Å²) in [6, 6.07) is 0. The zero-order chi connectivity index (χ0) is 13.3. The highest BCUT2D eigenvalue weighted by Crippen LogP contribution is 2.68. The third-order valence-corrected chi connectivity index (χ3v) is 5.91. The fraction of sp³-hybridized carbons (Fsp3) is 0.929. The summed E-state index contributed by atoms with van der Waals surface area (Å²) in [7, 11) is 0. The third-order valence-electron chi connectivity index (χ3n) is 5.91. The molecule has 2 saturated carbocycles. The molecule has 0 bridgehead atoms. The second kappa shape index (κ2) is 3.56. The van der Waals surface area contributed by atoms with Gasteiger partial charge in [-0.05, 0) is 25.7 Å². The molecule has 0 radical (unpaired) electrons. The molecule has 4 nitrogen and oxygen atoms in total. The summed E-state index contributed by atoms with van der Waals surface area (Å²) in [6.07, 6.45) is 0.867. The van der Waals surface area contributed by atoms with E-state index in [0.717, 1.165) is 12.8 Å². The van der Waals surface area contributed by atoms with Gasteiger partial charge in [0.2, 0.25) is 0 Å². The molecule has 2 N–H and O–H groups in total. The van der Waals surface area contributed by atoms with E-state index >= 15 is 0 Å². The average Bonchev–Trinajstić information content (AvgIpc) is 2.98. The van der Waals surface area contributed by atoms with Crippen molar-refractivity contribution in [1.29, 1.82) is 0 Å². The van der Waals surface area contributed by atoms with Crippen molar-refractivity contribution in [2.75, 3.05) is 0 Å². The van der Waals surface area contributed by atoms with Gasteiger partial charge in [-0.25, -0.2) is 0 Å². The first kappa shape index (κ1) is 12.6. The lowest BCUT2D eigenvalue weighted by atomic mass is 9.49. The molecule has 1 spiro atoms. The first-order valence-electron chi connectivity index (χ1n) is 6.90. The van der Waals surface area contributed by atoms with Crippen molar-refractivity contribution < 1.29 is 19.7 Å². The molecule has 0 aromatic heterocycles. The van der Waals surface area contributed by atoms with Crippen molar-refractivity contribution in [2.24, 2.45) is 17.3 Å². The Bertz CT molecular complexity index is 395. The van der Waals surface area contributed by atoms with E-state index in [1.54, 1.807) is 6.92 Å². The monoisotopic (exact) mass is 254 g/mol. The number of carbonyl (C=O) groups excluding carboxylic acids is 1. The van der Waals surface area contributed by atoms with E-state index in [1.807, 2.05) is 6.92 Å². The molecule has 3 rings (SSSR count). The molecule has 0 unspecified atom stereocenters. The Morgan fingerprint density at radius 3 is 2.61 bits per heavy atom. The molecule has 2 aliphatic carbocycles. The van der Waals surface area contributed by atoms with Gasteiger partial charge in [0, 0.05) is 11.8 Å². The highest BCUT2D eigenvalue weighted by Gasteiger charge is 2.78. The molecule has 1 aliphatic heterocycles. The summed E-state index contributed by atoms with van der Waals surface area (Å²) >= 11 is 0. The Kier molecular flexibility index (Phi) is 2.48. The maximum atomic E-state index is 12.0. The molecule has 3 aliphatic rings. The predicted molar refractivity (Wildman–Crippen MR) is 64.9 cm³/mol. The van der Waals surface area contributed by atoms with Gasteiger partial charge in [-0.1, -0.05) is 13.8 Å². The van der Waals surface area contributed by atoms with Gasteiger partial charge >= 0.3 is 0 Å². The first-order valence-corrected chi connectivity index (χ1v) is 6.90. The van der Waals surface area contributed by atoms with E-state index in [0.29, 0.717) is 0 Å². The number of aliphatic hydroxyl groups excluding tert-OH is 2. The van der Waals surface area contributed by atoms with E-state index in [9.17, 15) is 15.0 Å². The molecule has 102 valence electrons. The van der Waals surface area contributed by atoms with Crippen molar-refractivity contribution in [3.05, 3.63) is 0 Å². The maximum absolute atomic E-state index is 12.0. The van der Waals surface area contributed by atoms with Crippen LogP contribution < -0.4 is 0 Å². The highest BCUT2D eigenvalue weighted by molar-refractivity contribution is 5.80. The Balaban J connectivity index is 2.10. The molecule has 0 aromatic carbocycles. The molecule has 1 heterocycles. The number of ketones is 1. The lowest BCUT2D eigenvalue weighted by Gasteiger charge is -2.54. The quantitative estimate of drug-likeness (QED) is 0.682. The van der Waals surface area contributed by atoms with Crippen LogP contribution in [-0.2, 0) is 9.53 Å². The normalized spacial score (nSPS) is 58.6. The van der Waals surface area contributed by atoms with Crippen LogP contribution in [0.3, 0.4) is 0 Å². The lowest BCUT2D eigenvalue weighted by molar-refractivity contribution is -0.171. The zero-order valence-electron chi connectivity index (χ0n) is 11.2. The number of hydrogen-bond donors (Lipinski definition) is 2. The summed E-state index contributed by atoms with van der Waals surface area (Å²) in [5.41, 5.74) is -1.03. The minimum atomic E-state index is -0.751. The lowest BCUT2D eigenvalue weighted by Crippen LogP contribution is -2.65. The van der Waals surface area contributed by atoms with Gasteiger partial charge in [0.25, 0.3) is 0 Å². The van der Waals surface area contributed by atoms with Crippen LogP contribution in [0.25, 0.3) is 0 Å². The number of aliphatic hydroxyl groups is 2. The summed E-state index contributed by atoms with van der Waals surface area (Å²) in [6.45, 7) is 5.68. The van der Waals surface area contributed by atoms with Crippen molar-refractivity contribution in [1.82, 2.24) is 0 Å². The fourth-order valence-corrected chi connectivity index (χ4v) is 4.87. The number of ether oxygens (including phenoxy) is 1. The van der Waals surface area contributed by atoms with Crippen molar-refractivity contribution in [3.8, 4) is 0 Å². The van der Waals surface area contributed by atoms with Crippen LogP contribution in [0.2, 0.25) is 0 Å². The van der Waals surface area contributed by atoms with Gasteiger partial charge in [-0.3, -0.25) is 4.79 Å². The smallest absolute Gasteiger partial charge is 0.136 e. The van der Waals surface area contributed by atoms with Gasteiger partial charge in [0.15, 0.2) is 0 Å². The highest BCUT2D eigenvalue weighted by atomic mass is 16.6. The predicted octanol–water partition coefficient (Wildman–Crippen LogP) is 0.891. The van der Waals surface area contributed by atoms with Crippen molar-refractivity contribution in [2.45, 2.75) is 63.9 Å². The van der Waals surface area contributed by atoms with Crippen LogP contribution in [0.4, 0.5) is 0 Å².